The molecule has 0 spiro atoms. The first-order valence-corrected chi connectivity index (χ1v) is 6.10. The Balaban J connectivity index is 2.10. The number of aryl methyl sites for hydroxylation is 1. The van der Waals surface area contributed by atoms with E-state index in [9.17, 15) is 0 Å². The Morgan fingerprint density at radius 3 is 2.87 bits per heavy atom. The van der Waals surface area contributed by atoms with Crippen molar-refractivity contribution in [2.45, 2.75) is 32.4 Å². The van der Waals surface area contributed by atoms with Crippen LogP contribution in [0.1, 0.15) is 18.9 Å². The molecule has 1 heterocycles. The zero-order chi connectivity index (χ0) is 10.8. The first kappa shape index (κ1) is 11.0. The van der Waals surface area contributed by atoms with Gasteiger partial charge in [-0.25, -0.2) is 0 Å². The molecular weight excluding hydrogens is 254 g/mol. The molecule has 0 radical (unpaired) electrons. The monoisotopic (exact) mass is 269 g/mol. The Morgan fingerprint density at radius 2 is 2.27 bits per heavy atom. The molecule has 1 saturated heterocycles. The van der Waals surface area contributed by atoms with E-state index < -0.39 is 0 Å². The molecule has 1 fully saturated rings. The van der Waals surface area contributed by atoms with Crippen LogP contribution in [0.2, 0.25) is 0 Å². The molecule has 1 aliphatic rings. The summed E-state index contributed by atoms with van der Waals surface area (Å²) in [4.78, 5) is 0. The van der Waals surface area contributed by atoms with Crippen molar-refractivity contribution in [3.05, 3.63) is 28.2 Å². The third-order valence-electron chi connectivity index (χ3n) is 2.91. The van der Waals surface area contributed by atoms with Crippen molar-refractivity contribution in [2.75, 3.05) is 11.9 Å². The molecule has 0 aromatic heterocycles. The number of ether oxygens (including phenoxy) is 1. The molecule has 0 bridgehead atoms. The van der Waals surface area contributed by atoms with Gasteiger partial charge in [-0.15, -0.1) is 0 Å². The minimum atomic E-state index is 0.313. The van der Waals surface area contributed by atoms with E-state index in [0.29, 0.717) is 12.1 Å². The Labute approximate surface area is 99.1 Å². The zero-order valence-corrected chi connectivity index (χ0v) is 10.7. The Morgan fingerprint density at radius 1 is 1.47 bits per heavy atom. The summed E-state index contributed by atoms with van der Waals surface area (Å²) in [5.74, 6) is 0. The number of benzene rings is 1. The summed E-state index contributed by atoms with van der Waals surface area (Å²) in [5, 5.41) is 3.54. The average molecular weight is 270 g/mol. The van der Waals surface area contributed by atoms with Gasteiger partial charge < -0.3 is 10.1 Å². The van der Waals surface area contributed by atoms with E-state index >= 15 is 0 Å². The Kier molecular flexibility index (Phi) is 3.32. The molecule has 1 N–H and O–H groups in total. The van der Waals surface area contributed by atoms with Gasteiger partial charge in [0.2, 0.25) is 0 Å². The molecule has 0 saturated carbocycles. The van der Waals surface area contributed by atoms with Gasteiger partial charge in [0.15, 0.2) is 0 Å². The summed E-state index contributed by atoms with van der Waals surface area (Å²) in [7, 11) is 0. The van der Waals surface area contributed by atoms with Crippen molar-refractivity contribution < 1.29 is 4.74 Å². The van der Waals surface area contributed by atoms with E-state index in [1.807, 2.05) is 0 Å². The van der Waals surface area contributed by atoms with Crippen LogP contribution in [0.15, 0.2) is 22.7 Å². The molecular formula is C12H16BrNO. The standard InChI is InChI=1S/C12H16BrNO/c1-8-7-10(13)3-4-11(8)14-12-5-6-15-9(12)2/h3-4,7,9,12,14H,5-6H2,1-2H3/t9-,12+/m0/s1. The normalized spacial score (nSPS) is 25.5. The van der Waals surface area contributed by atoms with Crippen molar-refractivity contribution >= 4 is 21.6 Å². The third-order valence-corrected chi connectivity index (χ3v) is 3.40. The van der Waals surface area contributed by atoms with Gasteiger partial charge in [-0.3, -0.25) is 0 Å². The maximum absolute atomic E-state index is 5.53. The predicted octanol–water partition coefficient (Wildman–Crippen LogP) is 3.35. The first-order chi connectivity index (χ1) is 7.16. The fourth-order valence-corrected chi connectivity index (χ4v) is 2.39. The topological polar surface area (TPSA) is 21.3 Å². The second-order valence-electron chi connectivity index (χ2n) is 4.07. The summed E-state index contributed by atoms with van der Waals surface area (Å²) < 4.78 is 6.66. The van der Waals surface area contributed by atoms with Crippen LogP contribution in [0.4, 0.5) is 5.69 Å². The molecule has 82 valence electrons. The van der Waals surface area contributed by atoms with Gasteiger partial charge in [-0.05, 0) is 44.0 Å². The summed E-state index contributed by atoms with van der Waals surface area (Å²) in [6, 6.07) is 6.76. The molecule has 2 rings (SSSR count). The second kappa shape index (κ2) is 4.54. The smallest absolute Gasteiger partial charge is 0.0748 e. The summed E-state index contributed by atoms with van der Waals surface area (Å²) in [6.07, 6.45) is 1.41. The van der Waals surface area contributed by atoms with Crippen LogP contribution in [-0.2, 0) is 4.74 Å². The minimum Gasteiger partial charge on any atom is -0.379 e. The molecule has 2 nitrogen and oxygen atoms in total. The van der Waals surface area contributed by atoms with Crippen molar-refractivity contribution in [1.82, 2.24) is 0 Å². The van der Waals surface area contributed by atoms with Crippen LogP contribution in [-0.4, -0.2) is 18.8 Å². The van der Waals surface area contributed by atoms with Crippen molar-refractivity contribution in [3.63, 3.8) is 0 Å². The SMILES string of the molecule is Cc1cc(Br)ccc1N[C@@H]1CCO[C@H]1C. The summed E-state index contributed by atoms with van der Waals surface area (Å²) in [5.41, 5.74) is 2.48. The van der Waals surface area contributed by atoms with E-state index in [0.717, 1.165) is 17.5 Å². The maximum Gasteiger partial charge on any atom is 0.0748 e. The lowest BCUT2D eigenvalue weighted by molar-refractivity contribution is 0.121. The molecule has 3 heteroatoms. The van der Waals surface area contributed by atoms with E-state index in [1.54, 1.807) is 0 Å². The number of rotatable bonds is 2. The molecule has 0 aliphatic carbocycles. The van der Waals surface area contributed by atoms with Crippen LogP contribution in [0, 0.1) is 6.92 Å². The Hall–Kier alpha value is -0.540. The number of hydrogen-bond acceptors (Lipinski definition) is 2. The maximum atomic E-state index is 5.53. The highest BCUT2D eigenvalue weighted by Crippen LogP contribution is 2.24. The highest BCUT2D eigenvalue weighted by atomic mass is 79.9. The average Bonchev–Trinajstić information content (AvgIpc) is 2.57. The predicted molar refractivity (Wildman–Crippen MR) is 66.3 cm³/mol. The van der Waals surface area contributed by atoms with Gasteiger partial charge in [0.1, 0.15) is 0 Å². The number of anilines is 1. The van der Waals surface area contributed by atoms with Crippen molar-refractivity contribution in [3.8, 4) is 0 Å². The highest BCUT2D eigenvalue weighted by Gasteiger charge is 2.24. The first-order valence-electron chi connectivity index (χ1n) is 5.31. The van der Waals surface area contributed by atoms with Gasteiger partial charge in [0.25, 0.3) is 0 Å². The Bertz CT molecular complexity index is 353. The fraction of sp³-hybridized carbons (Fsp3) is 0.500. The van der Waals surface area contributed by atoms with E-state index in [2.05, 4.69) is 53.3 Å². The van der Waals surface area contributed by atoms with Crippen LogP contribution in [0.3, 0.4) is 0 Å². The third kappa shape index (κ3) is 2.52. The van der Waals surface area contributed by atoms with Gasteiger partial charge >= 0.3 is 0 Å². The zero-order valence-electron chi connectivity index (χ0n) is 9.09. The lowest BCUT2D eigenvalue weighted by Crippen LogP contribution is -2.26. The molecule has 1 aromatic carbocycles. The minimum absolute atomic E-state index is 0.313. The van der Waals surface area contributed by atoms with E-state index in [4.69, 9.17) is 4.74 Å². The molecule has 0 amide bonds. The van der Waals surface area contributed by atoms with Crippen LogP contribution < -0.4 is 5.32 Å². The van der Waals surface area contributed by atoms with Gasteiger partial charge in [-0.1, -0.05) is 15.9 Å². The van der Waals surface area contributed by atoms with E-state index in [-0.39, 0.29) is 0 Å². The molecule has 2 atom stereocenters. The van der Waals surface area contributed by atoms with E-state index in [1.165, 1.54) is 11.3 Å². The highest BCUT2D eigenvalue weighted by molar-refractivity contribution is 9.10. The van der Waals surface area contributed by atoms with Crippen LogP contribution in [0.25, 0.3) is 0 Å². The number of hydrogen-bond donors (Lipinski definition) is 1. The van der Waals surface area contributed by atoms with Crippen LogP contribution in [0.5, 0.6) is 0 Å². The fourth-order valence-electron chi connectivity index (χ4n) is 1.91. The van der Waals surface area contributed by atoms with Gasteiger partial charge in [0, 0.05) is 16.8 Å². The summed E-state index contributed by atoms with van der Waals surface area (Å²) in [6.45, 7) is 5.11. The quantitative estimate of drug-likeness (QED) is 0.889. The number of nitrogens with one attached hydrogen (secondary N) is 1. The summed E-state index contributed by atoms with van der Waals surface area (Å²) >= 11 is 3.47. The van der Waals surface area contributed by atoms with Crippen LogP contribution >= 0.6 is 15.9 Å². The number of halogens is 1. The second-order valence-corrected chi connectivity index (χ2v) is 4.99. The van der Waals surface area contributed by atoms with Crippen molar-refractivity contribution in [1.29, 1.82) is 0 Å². The largest absolute Gasteiger partial charge is 0.379 e. The van der Waals surface area contributed by atoms with Gasteiger partial charge in [-0.2, -0.15) is 0 Å². The molecule has 15 heavy (non-hydrogen) atoms. The van der Waals surface area contributed by atoms with Crippen molar-refractivity contribution in [2.24, 2.45) is 0 Å². The molecule has 0 unspecified atom stereocenters. The molecule has 1 aliphatic heterocycles. The lowest BCUT2D eigenvalue weighted by Gasteiger charge is -2.19. The van der Waals surface area contributed by atoms with Gasteiger partial charge in [0.05, 0.1) is 12.1 Å². The lowest BCUT2D eigenvalue weighted by atomic mass is 10.1. The molecule has 1 aromatic rings.